The van der Waals surface area contributed by atoms with Gasteiger partial charge >= 0.3 is 0 Å². The Morgan fingerprint density at radius 2 is 1.12 bits per heavy atom. The lowest BCUT2D eigenvalue weighted by molar-refractivity contribution is 0.708. The third-order valence-corrected chi connectivity index (χ3v) is 4.56. The molecular weight excluding hydrogens is 302 g/mol. The molecule has 0 unspecified atom stereocenters. The van der Waals surface area contributed by atoms with E-state index in [1.54, 1.807) is 0 Å². The van der Waals surface area contributed by atoms with Gasteiger partial charge in [-0.3, -0.25) is 0 Å². The van der Waals surface area contributed by atoms with E-state index in [4.69, 9.17) is 0 Å². The summed E-state index contributed by atoms with van der Waals surface area (Å²) in [5, 5.41) is 0. The highest BCUT2D eigenvalue weighted by Crippen LogP contribution is 2.29. The first-order valence-corrected chi connectivity index (χ1v) is 8.75. The van der Waals surface area contributed by atoms with Crippen molar-refractivity contribution in [1.29, 1.82) is 0 Å². The zero-order valence-electron chi connectivity index (χ0n) is 14.2. The first-order valence-electron chi connectivity index (χ1n) is 8.75. The summed E-state index contributed by atoms with van der Waals surface area (Å²) < 4.78 is 2.38. The maximum absolute atomic E-state index is 2.38. The zero-order chi connectivity index (χ0) is 16.9. The van der Waals surface area contributed by atoms with Crippen LogP contribution < -0.4 is 0 Å². The first-order chi connectivity index (χ1) is 12.4. The van der Waals surface area contributed by atoms with Crippen LogP contribution >= 0.6 is 0 Å². The molecule has 1 aromatic heterocycles. The molecule has 0 N–H and O–H groups in total. The molecule has 0 radical (unpaired) electrons. The molecule has 0 saturated carbocycles. The van der Waals surface area contributed by atoms with Crippen molar-refractivity contribution >= 4 is 0 Å². The summed E-state index contributed by atoms with van der Waals surface area (Å²) in [4.78, 5) is 0. The first kappa shape index (κ1) is 15.5. The Kier molecular flexibility index (Phi) is 4.47. The van der Waals surface area contributed by atoms with Crippen LogP contribution in [0.15, 0.2) is 103 Å². The predicted molar refractivity (Wildman–Crippen MR) is 105 cm³/mol. The van der Waals surface area contributed by atoms with E-state index >= 15 is 0 Å². The number of aromatic nitrogens is 1. The van der Waals surface area contributed by atoms with Crippen LogP contribution in [0.5, 0.6) is 0 Å². The highest BCUT2D eigenvalue weighted by atomic mass is 15.0. The van der Waals surface area contributed by atoms with Crippen LogP contribution in [0.4, 0.5) is 0 Å². The van der Waals surface area contributed by atoms with E-state index in [0.717, 1.165) is 13.0 Å². The van der Waals surface area contributed by atoms with E-state index in [-0.39, 0.29) is 0 Å². The summed E-state index contributed by atoms with van der Waals surface area (Å²) in [6.07, 6.45) is 3.31. The average molecular weight is 323 g/mol. The van der Waals surface area contributed by atoms with Gasteiger partial charge < -0.3 is 4.57 Å². The van der Waals surface area contributed by atoms with Crippen molar-refractivity contribution in [3.05, 3.63) is 109 Å². The monoisotopic (exact) mass is 323 g/mol. The summed E-state index contributed by atoms with van der Waals surface area (Å²) in [7, 11) is 0. The Balaban J connectivity index is 1.69. The summed E-state index contributed by atoms with van der Waals surface area (Å²) in [5.41, 5.74) is 6.44. The molecular formula is C24H21N. The fourth-order valence-electron chi connectivity index (χ4n) is 3.23. The van der Waals surface area contributed by atoms with Gasteiger partial charge in [-0.25, -0.2) is 0 Å². The van der Waals surface area contributed by atoms with Crippen molar-refractivity contribution in [3.8, 4) is 22.4 Å². The van der Waals surface area contributed by atoms with E-state index in [2.05, 4.69) is 108 Å². The second-order valence-electron chi connectivity index (χ2n) is 6.28. The van der Waals surface area contributed by atoms with Gasteiger partial charge in [0.05, 0.1) is 0 Å². The molecule has 4 aromatic rings. The standard InChI is InChI=1S/C24H21N/c1-4-10-20(11-5-1)16-17-25-19-23(21-12-6-2-7-13-21)18-24(25)22-14-8-3-9-15-22/h1-15,18-19H,16-17H2. The number of hydrogen-bond acceptors (Lipinski definition) is 0. The smallest absolute Gasteiger partial charge is 0.0486 e. The number of benzene rings is 3. The van der Waals surface area contributed by atoms with Gasteiger partial charge in [0.15, 0.2) is 0 Å². The lowest BCUT2D eigenvalue weighted by Crippen LogP contribution is -2.01. The largest absolute Gasteiger partial charge is 0.347 e. The number of rotatable bonds is 5. The molecule has 0 fully saturated rings. The Bertz CT molecular complexity index is 922. The van der Waals surface area contributed by atoms with Gasteiger partial charge in [-0.05, 0) is 34.7 Å². The maximum atomic E-state index is 2.38. The second-order valence-corrected chi connectivity index (χ2v) is 6.28. The van der Waals surface area contributed by atoms with Crippen molar-refractivity contribution in [2.75, 3.05) is 0 Å². The summed E-state index contributed by atoms with van der Waals surface area (Å²) in [6, 6.07) is 34.2. The Morgan fingerprint density at radius 1 is 0.560 bits per heavy atom. The molecule has 0 bridgehead atoms. The quantitative estimate of drug-likeness (QED) is 0.420. The fourth-order valence-corrected chi connectivity index (χ4v) is 3.23. The van der Waals surface area contributed by atoms with Gasteiger partial charge in [0, 0.05) is 18.4 Å². The molecule has 0 aliphatic rings. The van der Waals surface area contributed by atoms with Crippen LogP contribution in [-0.4, -0.2) is 4.57 Å². The summed E-state index contributed by atoms with van der Waals surface area (Å²) >= 11 is 0. The Labute approximate surface area is 149 Å². The van der Waals surface area contributed by atoms with Gasteiger partial charge in [0.25, 0.3) is 0 Å². The lowest BCUT2D eigenvalue weighted by Gasteiger charge is -2.09. The molecule has 0 amide bonds. The van der Waals surface area contributed by atoms with E-state index in [1.165, 1.54) is 27.9 Å². The predicted octanol–water partition coefficient (Wildman–Crippen LogP) is 6.06. The molecule has 0 saturated heterocycles. The lowest BCUT2D eigenvalue weighted by atomic mass is 10.1. The van der Waals surface area contributed by atoms with Crippen molar-refractivity contribution in [2.24, 2.45) is 0 Å². The highest BCUT2D eigenvalue weighted by molar-refractivity contribution is 5.72. The third kappa shape index (κ3) is 3.56. The van der Waals surface area contributed by atoms with E-state index in [1.807, 2.05) is 0 Å². The van der Waals surface area contributed by atoms with Gasteiger partial charge in [-0.2, -0.15) is 0 Å². The number of nitrogens with zero attached hydrogens (tertiary/aromatic N) is 1. The molecule has 25 heavy (non-hydrogen) atoms. The van der Waals surface area contributed by atoms with Crippen LogP contribution in [0.25, 0.3) is 22.4 Å². The molecule has 122 valence electrons. The van der Waals surface area contributed by atoms with Crippen molar-refractivity contribution in [3.63, 3.8) is 0 Å². The Hall–Kier alpha value is -3.06. The van der Waals surface area contributed by atoms with Gasteiger partial charge in [-0.15, -0.1) is 0 Å². The van der Waals surface area contributed by atoms with E-state index < -0.39 is 0 Å². The molecule has 0 aliphatic heterocycles. The van der Waals surface area contributed by atoms with Crippen LogP contribution in [0.2, 0.25) is 0 Å². The van der Waals surface area contributed by atoms with Crippen molar-refractivity contribution < 1.29 is 0 Å². The van der Waals surface area contributed by atoms with E-state index in [0.29, 0.717) is 0 Å². The third-order valence-electron chi connectivity index (χ3n) is 4.56. The maximum Gasteiger partial charge on any atom is 0.0486 e. The van der Waals surface area contributed by atoms with E-state index in [9.17, 15) is 0 Å². The second kappa shape index (κ2) is 7.23. The zero-order valence-corrected chi connectivity index (χ0v) is 14.2. The SMILES string of the molecule is c1ccc(CCn2cc(-c3ccccc3)cc2-c2ccccc2)cc1. The summed E-state index contributed by atoms with van der Waals surface area (Å²) in [6.45, 7) is 0.973. The molecule has 3 aromatic carbocycles. The molecule has 0 spiro atoms. The molecule has 4 rings (SSSR count). The van der Waals surface area contributed by atoms with Gasteiger partial charge in [0.1, 0.15) is 0 Å². The average Bonchev–Trinajstić information content (AvgIpc) is 3.13. The fraction of sp³-hybridized carbons (Fsp3) is 0.0833. The van der Waals surface area contributed by atoms with Crippen molar-refractivity contribution in [1.82, 2.24) is 4.57 Å². The molecule has 1 heterocycles. The minimum atomic E-state index is 0.973. The molecule has 0 atom stereocenters. The van der Waals surface area contributed by atoms with Gasteiger partial charge in [0.2, 0.25) is 0 Å². The topological polar surface area (TPSA) is 4.93 Å². The summed E-state index contributed by atoms with van der Waals surface area (Å²) in [5.74, 6) is 0. The number of hydrogen-bond donors (Lipinski definition) is 0. The number of aryl methyl sites for hydroxylation is 2. The molecule has 1 heteroatoms. The van der Waals surface area contributed by atoms with Crippen molar-refractivity contribution in [2.45, 2.75) is 13.0 Å². The van der Waals surface area contributed by atoms with Crippen LogP contribution in [0, 0.1) is 0 Å². The highest BCUT2D eigenvalue weighted by Gasteiger charge is 2.09. The minimum Gasteiger partial charge on any atom is -0.347 e. The Morgan fingerprint density at radius 3 is 1.76 bits per heavy atom. The molecule has 1 nitrogen and oxygen atoms in total. The molecule has 0 aliphatic carbocycles. The van der Waals surface area contributed by atoms with Crippen LogP contribution in [0.1, 0.15) is 5.56 Å². The van der Waals surface area contributed by atoms with Crippen LogP contribution in [0.3, 0.4) is 0 Å². The van der Waals surface area contributed by atoms with Crippen LogP contribution in [-0.2, 0) is 13.0 Å². The normalized spacial score (nSPS) is 10.7. The minimum absolute atomic E-state index is 0.973. The van der Waals surface area contributed by atoms with Gasteiger partial charge in [-0.1, -0.05) is 91.0 Å².